The minimum atomic E-state index is -0.837. The standard InChI is InChI=1S/C18H26N4O4/c1-13-9-15(17(23)24)12-22(11-13)18(25)20-10-14-3-2-4-19-16(14)21-5-7-26-8-6-21/h2-4,13,15H,5-12H2,1H3,(H,20,25)(H,23,24). The Kier molecular flexibility index (Phi) is 5.92. The number of urea groups is 1. The molecule has 2 amide bonds. The van der Waals surface area contributed by atoms with E-state index in [-0.39, 0.29) is 18.5 Å². The first-order valence-electron chi connectivity index (χ1n) is 9.06. The summed E-state index contributed by atoms with van der Waals surface area (Å²) in [6.07, 6.45) is 2.36. The van der Waals surface area contributed by atoms with E-state index in [0.29, 0.717) is 32.7 Å². The van der Waals surface area contributed by atoms with Gasteiger partial charge < -0.3 is 25.0 Å². The number of likely N-dealkylation sites (tertiary alicyclic amines) is 1. The molecule has 2 saturated heterocycles. The van der Waals surface area contributed by atoms with Gasteiger partial charge in [0.2, 0.25) is 0 Å². The number of rotatable bonds is 4. The van der Waals surface area contributed by atoms with Gasteiger partial charge in [-0.3, -0.25) is 4.79 Å². The Morgan fingerprint density at radius 3 is 2.85 bits per heavy atom. The quantitative estimate of drug-likeness (QED) is 0.835. The Morgan fingerprint density at radius 1 is 1.35 bits per heavy atom. The van der Waals surface area contributed by atoms with Gasteiger partial charge >= 0.3 is 12.0 Å². The number of hydrogen-bond donors (Lipinski definition) is 2. The Labute approximate surface area is 153 Å². The number of aromatic nitrogens is 1. The van der Waals surface area contributed by atoms with Crippen LogP contribution in [0, 0.1) is 11.8 Å². The third-order valence-electron chi connectivity index (χ3n) is 4.90. The van der Waals surface area contributed by atoms with E-state index >= 15 is 0 Å². The minimum Gasteiger partial charge on any atom is -0.481 e. The second-order valence-corrected chi connectivity index (χ2v) is 7.03. The average Bonchev–Trinajstić information content (AvgIpc) is 2.66. The van der Waals surface area contributed by atoms with Gasteiger partial charge in [-0.1, -0.05) is 13.0 Å². The molecule has 8 nitrogen and oxygen atoms in total. The van der Waals surface area contributed by atoms with Gasteiger partial charge in [0.15, 0.2) is 0 Å². The summed E-state index contributed by atoms with van der Waals surface area (Å²) < 4.78 is 5.38. The maximum atomic E-state index is 12.5. The van der Waals surface area contributed by atoms with Gasteiger partial charge in [-0.05, 0) is 18.4 Å². The molecule has 3 rings (SSSR count). The first-order valence-corrected chi connectivity index (χ1v) is 9.06. The number of hydrogen-bond acceptors (Lipinski definition) is 5. The first-order chi connectivity index (χ1) is 12.5. The molecule has 2 aliphatic heterocycles. The van der Waals surface area contributed by atoms with E-state index in [1.54, 1.807) is 11.1 Å². The van der Waals surface area contributed by atoms with Crippen molar-refractivity contribution in [2.45, 2.75) is 19.9 Å². The summed E-state index contributed by atoms with van der Waals surface area (Å²) in [6, 6.07) is 3.59. The van der Waals surface area contributed by atoms with E-state index in [2.05, 4.69) is 15.2 Å². The molecule has 0 saturated carbocycles. The predicted molar refractivity (Wildman–Crippen MR) is 96.0 cm³/mol. The van der Waals surface area contributed by atoms with Crippen LogP contribution in [0.25, 0.3) is 0 Å². The highest BCUT2D eigenvalue weighted by molar-refractivity contribution is 5.76. The van der Waals surface area contributed by atoms with Gasteiger partial charge in [0, 0.05) is 44.5 Å². The average molecular weight is 362 g/mol. The van der Waals surface area contributed by atoms with E-state index in [1.807, 2.05) is 19.1 Å². The number of amides is 2. The van der Waals surface area contributed by atoms with Gasteiger partial charge in [0.1, 0.15) is 5.82 Å². The number of carboxylic acids is 1. The Morgan fingerprint density at radius 2 is 2.12 bits per heavy atom. The molecule has 1 aromatic heterocycles. The van der Waals surface area contributed by atoms with E-state index in [4.69, 9.17) is 4.74 Å². The second kappa shape index (κ2) is 8.35. The highest BCUT2D eigenvalue weighted by Gasteiger charge is 2.31. The number of ether oxygens (including phenoxy) is 1. The summed E-state index contributed by atoms with van der Waals surface area (Å²) in [5, 5.41) is 12.2. The van der Waals surface area contributed by atoms with Crippen molar-refractivity contribution < 1.29 is 19.4 Å². The van der Waals surface area contributed by atoms with E-state index in [0.717, 1.165) is 24.5 Å². The minimum absolute atomic E-state index is 0.179. The molecule has 0 bridgehead atoms. The fourth-order valence-corrected chi connectivity index (χ4v) is 3.61. The van der Waals surface area contributed by atoms with E-state index < -0.39 is 11.9 Å². The first kappa shape index (κ1) is 18.4. The summed E-state index contributed by atoms with van der Waals surface area (Å²) in [5.74, 6) is -0.285. The summed E-state index contributed by atoms with van der Waals surface area (Å²) in [5.41, 5.74) is 0.947. The lowest BCUT2D eigenvalue weighted by Crippen LogP contribution is -2.49. The van der Waals surface area contributed by atoms with Crippen LogP contribution in [0.15, 0.2) is 18.3 Å². The molecule has 2 aliphatic rings. The zero-order chi connectivity index (χ0) is 18.5. The molecule has 1 aromatic rings. The fraction of sp³-hybridized carbons (Fsp3) is 0.611. The van der Waals surface area contributed by atoms with Crippen LogP contribution >= 0.6 is 0 Å². The molecule has 0 aliphatic carbocycles. The highest BCUT2D eigenvalue weighted by atomic mass is 16.5. The number of morpholine rings is 1. The largest absolute Gasteiger partial charge is 0.481 e. The molecular formula is C18H26N4O4. The van der Waals surface area contributed by atoms with Crippen LogP contribution in [0.1, 0.15) is 18.9 Å². The molecule has 3 heterocycles. The Balaban J connectivity index is 1.62. The van der Waals surface area contributed by atoms with Gasteiger partial charge in [0.05, 0.1) is 19.1 Å². The summed E-state index contributed by atoms with van der Waals surface area (Å²) in [6.45, 7) is 6.09. The normalized spacial score (nSPS) is 23.6. The zero-order valence-corrected chi connectivity index (χ0v) is 15.1. The number of carbonyl (C=O) groups is 2. The van der Waals surface area contributed by atoms with Crippen molar-refractivity contribution in [2.75, 3.05) is 44.3 Å². The second-order valence-electron chi connectivity index (χ2n) is 7.03. The number of piperidine rings is 1. The lowest BCUT2D eigenvalue weighted by Gasteiger charge is -2.34. The van der Waals surface area contributed by atoms with Crippen LogP contribution in [0.2, 0.25) is 0 Å². The number of anilines is 1. The fourth-order valence-electron chi connectivity index (χ4n) is 3.61. The van der Waals surface area contributed by atoms with Crippen LogP contribution < -0.4 is 10.2 Å². The van der Waals surface area contributed by atoms with Gasteiger partial charge in [-0.25, -0.2) is 9.78 Å². The molecule has 8 heteroatoms. The SMILES string of the molecule is CC1CC(C(=O)O)CN(C(=O)NCc2cccnc2N2CCOCC2)C1. The third-order valence-corrected chi connectivity index (χ3v) is 4.90. The van der Waals surface area contributed by atoms with Crippen molar-refractivity contribution in [3.05, 3.63) is 23.9 Å². The van der Waals surface area contributed by atoms with Crippen molar-refractivity contribution in [3.8, 4) is 0 Å². The third kappa shape index (κ3) is 4.43. The van der Waals surface area contributed by atoms with Crippen LogP contribution in [-0.4, -0.2) is 66.4 Å². The molecule has 0 aromatic carbocycles. The zero-order valence-electron chi connectivity index (χ0n) is 15.1. The maximum Gasteiger partial charge on any atom is 0.317 e. The van der Waals surface area contributed by atoms with Crippen molar-refractivity contribution in [2.24, 2.45) is 11.8 Å². The number of nitrogens with zero attached hydrogens (tertiary/aromatic N) is 3. The molecule has 142 valence electrons. The number of pyridine rings is 1. The van der Waals surface area contributed by atoms with Crippen molar-refractivity contribution >= 4 is 17.8 Å². The number of nitrogens with one attached hydrogen (secondary N) is 1. The molecule has 0 radical (unpaired) electrons. The number of carboxylic acid groups (broad SMARTS) is 1. The Hall–Kier alpha value is -2.35. The van der Waals surface area contributed by atoms with Crippen LogP contribution in [0.3, 0.4) is 0 Å². The smallest absolute Gasteiger partial charge is 0.317 e. The van der Waals surface area contributed by atoms with Gasteiger partial charge in [-0.2, -0.15) is 0 Å². The van der Waals surface area contributed by atoms with Crippen LogP contribution in [0.5, 0.6) is 0 Å². The highest BCUT2D eigenvalue weighted by Crippen LogP contribution is 2.22. The van der Waals surface area contributed by atoms with Gasteiger partial charge in [-0.15, -0.1) is 0 Å². The molecule has 2 unspecified atom stereocenters. The molecule has 2 N–H and O–H groups in total. The summed E-state index contributed by atoms with van der Waals surface area (Å²) in [7, 11) is 0. The van der Waals surface area contributed by atoms with Gasteiger partial charge in [0.25, 0.3) is 0 Å². The summed E-state index contributed by atoms with van der Waals surface area (Å²) in [4.78, 5) is 32.1. The molecule has 2 atom stereocenters. The topological polar surface area (TPSA) is 95.0 Å². The number of aliphatic carboxylic acids is 1. The van der Waals surface area contributed by atoms with Crippen LogP contribution in [-0.2, 0) is 16.1 Å². The van der Waals surface area contributed by atoms with Crippen LogP contribution in [0.4, 0.5) is 10.6 Å². The lowest BCUT2D eigenvalue weighted by molar-refractivity contribution is -0.143. The molecule has 0 spiro atoms. The molecule has 26 heavy (non-hydrogen) atoms. The van der Waals surface area contributed by atoms with E-state index in [9.17, 15) is 14.7 Å². The monoisotopic (exact) mass is 362 g/mol. The maximum absolute atomic E-state index is 12.5. The summed E-state index contributed by atoms with van der Waals surface area (Å²) >= 11 is 0. The molecule has 2 fully saturated rings. The van der Waals surface area contributed by atoms with Crippen molar-refractivity contribution in [1.29, 1.82) is 0 Å². The predicted octanol–water partition coefficient (Wildman–Crippen LogP) is 1.17. The van der Waals surface area contributed by atoms with Crippen molar-refractivity contribution in [1.82, 2.24) is 15.2 Å². The van der Waals surface area contributed by atoms with Crippen molar-refractivity contribution in [3.63, 3.8) is 0 Å². The Bertz CT molecular complexity index is 648. The molecular weight excluding hydrogens is 336 g/mol. The lowest BCUT2D eigenvalue weighted by atomic mass is 9.91. The van der Waals surface area contributed by atoms with E-state index in [1.165, 1.54) is 0 Å². The number of carbonyl (C=O) groups excluding carboxylic acids is 1.